The first-order valence-electron chi connectivity index (χ1n) is 8.43. The number of hydrogen-bond donors (Lipinski definition) is 2. The number of carbonyl (C=O) groups is 1. The number of piperidine rings is 1. The van der Waals surface area contributed by atoms with Crippen molar-refractivity contribution in [1.29, 1.82) is 0 Å². The van der Waals surface area contributed by atoms with Crippen molar-refractivity contribution in [2.75, 3.05) is 31.1 Å². The number of amides is 1. The highest BCUT2D eigenvalue weighted by Crippen LogP contribution is 2.19. The van der Waals surface area contributed by atoms with E-state index in [1.54, 1.807) is 0 Å². The summed E-state index contributed by atoms with van der Waals surface area (Å²) in [6.07, 6.45) is 1.90. The molecule has 1 aliphatic heterocycles. The second kappa shape index (κ2) is 9.78. The SMILES string of the molecule is CCN(CCNC(=O)[C@H]1CCN[C@@H](C)C1)c1ccccc1C.Cl. The van der Waals surface area contributed by atoms with E-state index in [1.165, 1.54) is 11.3 Å². The summed E-state index contributed by atoms with van der Waals surface area (Å²) in [6, 6.07) is 8.86. The lowest BCUT2D eigenvalue weighted by atomic mass is 9.92. The third kappa shape index (κ3) is 5.70. The first kappa shape index (κ1) is 19.8. The number of nitrogens with one attached hydrogen (secondary N) is 2. The number of halogens is 1. The lowest BCUT2D eigenvalue weighted by molar-refractivity contribution is -0.126. The maximum Gasteiger partial charge on any atom is 0.223 e. The Balaban J connectivity index is 0.00000264. The van der Waals surface area contributed by atoms with Crippen LogP contribution in [-0.2, 0) is 4.79 Å². The lowest BCUT2D eigenvalue weighted by Gasteiger charge is -2.28. The first-order chi connectivity index (χ1) is 10.6. The standard InChI is InChI=1S/C18H29N3O.ClH/c1-4-21(17-8-6-5-7-14(17)2)12-11-20-18(22)16-9-10-19-15(3)13-16;/h5-8,15-16,19H,4,9-13H2,1-3H3,(H,20,22);1H/t15-,16-;/m0./s1. The summed E-state index contributed by atoms with van der Waals surface area (Å²) in [4.78, 5) is 14.6. The van der Waals surface area contributed by atoms with Gasteiger partial charge in [-0.1, -0.05) is 18.2 Å². The molecule has 1 amide bonds. The maximum atomic E-state index is 12.3. The maximum absolute atomic E-state index is 12.3. The molecule has 0 aromatic heterocycles. The Labute approximate surface area is 146 Å². The van der Waals surface area contributed by atoms with Crippen LogP contribution in [0.2, 0.25) is 0 Å². The molecule has 23 heavy (non-hydrogen) atoms. The summed E-state index contributed by atoms with van der Waals surface area (Å²) >= 11 is 0. The molecule has 0 bridgehead atoms. The normalized spacial score (nSPS) is 20.5. The first-order valence-corrected chi connectivity index (χ1v) is 8.43. The quantitative estimate of drug-likeness (QED) is 0.837. The monoisotopic (exact) mass is 339 g/mol. The highest BCUT2D eigenvalue weighted by Gasteiger charge is 2.24. The topological polar surface area (TPSA) is 44.4 Å². The minimum atomic E-state index is 0. The van der Waals surface area contributed by atoms with Gasteiger partial charge in [-0.15, -0.1) is 12.4 Å². The minimum Gasteiger partial charge on any atom is -0.370 e. The van der Waals surface area contributed by atoms with Crippen LogP contribution in [0, 0.1) is 12.8 Å². The van der Waals surface area contributed by atoms with Gasteiger partial charge < -0.3 is 15.5 Å². The zero-order chi connectivity index (χ0) is 15.9. The van der Waals surface area contributed by atoms with Crippen LogP contribution in [0.5, 0.6) is 0 Å². The largest absolute Gasteiger partial charge is 0.370 e. The van der Waals surface area contributed by atoms with Crippen LogP contribution in [0.15, 0.2) is 24.3 Å². The Hall–Kier alpha value is -1.26. The van der Waals surface area contributed by atoms with E-state index >= 15 is 0 Å². The highest BCUT2D eigenvalue weighted by atomic mass is 35.5. The fraction of sp³-hybridized carbons (Fsp3) is 0.611. The smallest absolute Gasteiger partial charge is 0.223 e. The minimum absolute atomic E-state index is 0. The molecule has 1 aromatic carbocycles. The number of nitrogens with zero attached hydrogens (tertiary/aromatic N) is 1. The molecule has 0 radical (unpaired) electrons. The van der Waals surface area contributed by atoms with Crippen molar-refractivity contribution in [3.63, 3.8) is 0 Å². The average molecular weight is 340 g/mol. The molecule has 4 nitrogen and oxygen atoms in total. The van der Waals surface area contributed by atoms with Crippen LogP contribution in [0.3, 0.4) is 0 Å². The van der Waals surface area contributed by atoms with Crippen molar-refractivity contribution in [2.45, 2.75) is 39.7 Å². The summed E-state index contributed by atoms with van der Waals surface area (Å²) in [5, 5.41) is 6.51. The molecule has 0 saturated carbocycles. The van der Waals surface area contributed by atoms with E-state index in [9.17, 15) is 4.79 Å². The molecule has 130 valence electrons. The number of anilines is 1. The van der Waals surface area contributed by atoms with E-state index in [1.807, 2.05) is 0 Å². The van der Waals surface area contributed by atoms with E-state index in [0.29, 0.717) is 12.6 Å². The van der Waals surface area contributed by atoms with Crippen LogP contribution in [0.4, 0.5) is 5.69 Å². The Morgan fingerprint density at radius 1 is 1.39 bits per heavy atom. The summed E-state index contributed by atoms with van der Waals surface area (Å²) in [7, 11) is 0. The van der Waals surface area contributed by atoms with Crippen LogP contribution in [0.1, 0.15) is 32.3 Å². The molecule has 2 N–H and O–H groups in total. The van der Waals surface area contributed by atoms with E-state index in [-0.39, 0.29) is 24.2 Å². The zero-order valence-corrected chi connectivity index (χ0v) is 15.3. The van der Waals surface area contributed by atoms with Crippen molar-refractivity contribution in [3.05, 3.63) is 29.8 Å². The zero-order valence-electron chi connectivity index (χ0n) is 14.5. The molecular formula is C18H30ClN3O. The summed E-state index contributed by atoms with van der Waals surface area (Å²) in [5.41, 5.74) is 2.54. The molecule has 0 spiro atoms. The van der Waals surface area contributed by atoms with Gasteiger partial charge in [0.15, 0.2) is 0 Å². The predicted octanol–water partition coefficient (Wildman–Crippen LogP) is 2.75. The highest BCUT2D eigenvalue weighted by molar-refractivity contribution is 5.85. The third-order valence-corrected chi connectivity index (χ3v) is 4.51. The van der Waals surface area contributed by atoms with E-state index in [0.717, 1.165) is 32.5 Å². The molecule has 1 aromatic rings. The van der Waals surface area contributed by atoms with Crippen LogP contribution >= 0.6 is 12.4 Å². The van der Waals surface area contributed by atoms with Crippen molar-refractivity contribution < 1.29 is 4.79 Å². The van der Waals surface area contributed by atoms with Gasteiger partial charge in [0, 0.05) is 37.3 Å². The molecule has 1 saturated heterocycles. The number of benzene rings is 1. The van der Waals surface area contributed by atoms with Crippen LogP contribution in [0.25, 0.3) is 0 Å². The van der Waals surface area contributed by atoms with Crippen molar-refractivity contribution in [1.82, 2.24) is 10.6 Å². The molecule has 2 rings (SSSR count). The number of likely N-dealkylation sites (N-methyl/N-ethyl adjacent to an activating group) is 1. The Morgan fingerprint density at radius 2 is 2.13 bits per heavy atom. The second-order valence-corrected chi connectivity index (χ2v) is 6.23. The van der Waals surface area contributed by atoms with Crippen molar-refractivity contribution >= 4 is 24.0 Å². The van der Waals surface area contributed by atoms with E-state index in [2.05, 4.69) is 60.6 Å². The van der Waals surface area contributed by atoms with Gasteiger partial charge >= 0.3 is 0 Å². The van der Waals surface area contributed by atoms with Crippen molar-refractivity contribution in [2.24, 2.45) is 5.92 Å². The molecule has 1 heterocycles. The van der Waals surface area contributed by atoms with Gasteiger partial charge in [0.2, 0.25) is 5.91 Å². The van der Waals surface area contributed by atoms with Gasteiger partial charge in [0.05, 0.1) is 0 Å². The van der Waals surface area contributed by atoms with Gasteiger partial charge in [-0.3, -0.25) is 4.79 Å². The van der Waals surface area contributed by atoms with Crippen molar-refractivity contribution in [3.8, 4) is 0 Å². The number of hydrogen-bond acceptors (Lipinski definition) is 3. The second-order valence-electron chi connectivity index (χ2n) is 6.23. The van der Waals surface area contributed by atoms with E-state index < -0.39 is 0 Å². The fourth-order valence-electron chi connectivity index (χ4n) is 3.20. The predicted molar refractivity (Wildman–Crippen MR) is 99.5 cm³/mol. The molecule has 0 unspecified atom stereocenters. The van der Waals surface area contributed by atoms with Gasteiger partial charge in [-0.05, 0) is 51.8 Å². The average Bonchev–Trinajstić information content (AvgIpc) is 2.52. The number of para-hydroxylation sites is 1. The number of carbonyl (C=O) groups excluding carboxylic acids is 1. The molecule has 0 aliphatic carbocycles. The summed E-state index contributed by atoms with van der Waals surface area (Å²) < 4.78 is 0. The Morgan fingerprint density at radius 3 is 2.78 bits per heavy atom. The Bertz CT molecular complexity index is 495. The van der Waals surface area contributed by atoms with Crippen LogP contribution < -0.4 is 15.5 Å². The summed E-state index contributed by atoms with van der Waals surface area (Å²) in [5.74, 6) is 0.388. The van der Waals surface area contributed by atoms with E-state index in [4.69, 9.17) is 0 Å². The van der Waals surface area contributed by atoms with Gasteiger partial charge in [-0.25, -0.2) is 0 Å². The lowest BCUT2D eigenvalue weighted by Crippen LogP contribution is -2.44. The molecule has 5 heteroatoms. The summed E-state index contributed by atoms with van der Waals surface area (Å²) in [6.45, 7) is 9.90. The molecule has 2 atom stereocenters. The van der Waals surface area contributed by atoms with Gasteiger partial charge in [0.25, 0.3) is 0 Å². The number of aryl methyl sites for hydroxylation is 1. The van der Waals surface area contributed by atoms with Gasteiger partial charge in [-0.2, -0.15) is 0 Å². The molecule has 1 fully saturated rings. The number of rotatable bonds is 6. The molecule has 1 aliphatic rings. The molecular weight excluding hydrogens is 310 g/mol. The van der Waals surface area contributed by atoms with Crippen LogP contribution in [-0.4, -0.2) is 38.1 Å². The third-order valence-electron chi connectivity index (χ3n) is 4.51. The Kier molecular flexibility index (Phi) is 8.42. The fourth-order valence-corrected chi connectivity index (χ4v) is 3.20. The van der Waals surface area contributed by atoms with Gasteiger partial charge in [0.1, 0.15) is 0 Å².